The second-order valence-electron chi connectivity index (χ2n) is 5.59. The number of hydrogen-bond acceptors (Lipinski definition) is 3. The van der Waals surface area contributed by atoms with E-state index in [2.05, 4.69) is 19.2 Å². The van der Waals surface area contributed by atoms with E-state index in [-0.39, 0.29) is 12.5 Å². The Labute approximate surface area is 115 Å². The van der Waals surface area contributed by atoms with E-state index in [1.165, 1.54) is 0 Å². The summed E-state index contributed by atoms with van der Waals surface area (Å²) in [5.41, 5.74) is 0.859. The SMILES string of the molecule is Cc1cc(C)c(C(=O)NCC(CCO)CC(C)C)o1. The lowest BCUT2D eigenvalue weighted by atomic mass is 9.94. The van der Waals surface area contributed by atoms with Gasteiger partial charge in [-0.1, -0.05) is 13.8 Å². The Kier molecular flexibility index (Phi) is 6.09. The molecular weight excluding hydrogens is 242 g/mol. The van der Waals surface area contributed by atoms with Gasteiger partial charge in [0.05, 0.1) is 0 Å². The number of amides is 1. The third kappa shape index (κ3) is 5.07. The van der Waals surface area contributed by atoms with Gasteiger partial charge in [-0.15, -0.1) is 0 Å². The van der Waals surface area contributed by atoms with Crippen molar-refractivity contribution in [2.45, 2.75) is 40.5 Å². The first-order chi connectivity index (χ1) is 8.93. The first kappa shape index (κ1) is 15.8. The molecule has 2 N–H and O–H groups in total. The van der Waals surface area contributed by atoms with Crippen molar-refractivity contribution in [1.29, 1.82) is 0 Å². The van der Waals surface area contributed by atoms with Crippen LogP contribution in [0.3, 0.4) is 0 Å². The first-order valence-electron chi connectivity index (χ1n) is 6.90. The number of aliphatic hydroxyl groups excluding tert-OH is 1. The summed E-state index contributed by atoms with van der Waals surface area (Å²) in [5, 5.41) is 11.9. The molecule has 1 amide bonds. The molecule has 1 heterocycles. The maximum Gasteiger partial charge on any atom is 0.287 e. The lowest BCUT2D eigenvalue weighted by molar-refractivity contribution is 0.0911. The fraction of sp³-hybridized carbons (Fsp3) is 0.667. The van der Waals surface area contributed by atoms with Crippen LogP contribution in [0, 0.1) is 25.7 Å². The molecule has 0 fully saturated rings. The van der Waals surface area contributed by atoms with Crippen LogP contribution >= 0.6 is 0 Å². The monoisotopic (exact) mass is 267 g/mol. The highest BCUT2D eigenvalue weighted by Crippen LogP contribution is 2.16. The van der Waals surface area contributed by atoms with E-state index in [9.17, 15) is 4.79 Å². The quantitative estimate of drug-likeness (QED) is 0.798. The van der Waals surface area contributed by atoms with Gasteiger partial charge in [0.1, 0.15) is 5.76 Å². The third-order valence-electron chi connectivity index (χ3n) is 3.14. The minimum atomic E-state index is -0.169. The molecule has 1 rings (SSSR count). The van der Waals surface area contributed by atoms with Gasteiger partial charge in [-0.05, 0) is 44.6 Å². The number of carbonyl (C=O) groups excluding carboxylic acids is 1. The van der Waals surface area contributed by atoms with Crippen LogP contribution in [0.2, 0.25) is 0 Å². The lowest BCUT2D eigenvalue weighted by Crippen LogP contribution is -2.30. The Hall–Kier alpha value is -1.29. The van der Waals surface area contributed by atoms with Crippen molar-refractivity contribution >= 4 is 5.91 Å². The standard InChI is InChI=1S/C15H25NO3/c1-10(2)7-13(5-6-17)9-16-15(18)14-11(3)8-12(4)19-14/h8,10,13,17H,5-7,9H2,1-4H3,(H,16,18). The molecule has 0 saturated carbocycles. The molecule has 0 bridgehead atoms. The summed E-state index contributed by atoms with van der Waals surface area (Å²) >= 11 is 0. The molecule has 0 spiro atoms. The normalized spacial score (nSPS) is 12.7. The molecule has 19 heavy (non-hydrogen) atoms. The van der Waals surface area contributed by atoms with Gasteiger partial charge >= 0.3 is 0 Å². The van der Waals surface area contributed by atoms with Gasteiger partial charge in [-0.25, -0.2) is 0 Å². The van der Waals surface area contributed by atoms with Crippen LogP contribution < -0.4 is 5.32 Å². The summed E-state index contributed by atoms with van der Waals surface area (Å²) < 4.78 is 5.39. The van der Waals surface area contributed by atoms with Gasteiger partial charge in [0.25, 0.3) is 5.91 Å². The summed E-state index contributed by atoms with van der Waals surface area (Å²) in [6.45, 7) is 8.73. The van der Waals surface area contributed by atoms with Crippen LogP contribution in [0.1, 0.15) is 48.6 Å². The predicted octanol–water partition coefficient (Wildman–Crippen LogP) is 2.67. The largest absolute Gasteiger partial charge is 0.456 e. The van der Waals surface area contributed by atoms with Gasteiger partial charge in [0.15, 0.2) is 5.76 Å². The second kappa shape index (κ2) is 7.34. The Morgan fingerprint density at radius 3 is 2.58 bits per heavy atom. The van der Waals surface area contributed by atoms with Crippen LogP contribution in [-0.2, 0) is 0 Å². The smallest absolute Gasteiger partial charge is 0.287 e. The zero-order valence-corrected chi connectivity index (χ0v) is 12.3. The van der Waals surface area contributed by atoms with Crippen LogP contribution in [0.5, 0.6) is 0 Å². The highest BCUT2D eigenvalue weighted by molar-refractivity contribution is 5.92. The number of hydrogen-bond donors (Lipinski definition) is 2. The molecule has 1 unspecified atom stereocenters. The summed E-state index contributed by atoms with van der Waals surface area (Å²) in [4.78, 5) is 12.0. The van der Waals surface area contributed by atoms with E-state index in [4.69, 9.17) is 9.52 Å². The van der Waals surface area contributed by atoms with Gasteiger partial charge in [-0.3, -0.25) is 4.79 Å². The molecule has 1 aromatic rings. The molecule has 0 aromatic carbocycles. The van der Waals surface area contributed by atoms with Crippen molar-refractivity contribution in [2.24, 2.45) is 11.8 Å². The fourth-order valence-corrected chi connectivity index (χ4v) is 2.34. The van der Waals surface area contributed by atoms with Crippen LogP contribution in [-0.4, -0.2) is 24.2 Å². The van der Waals surface area contributed by atoms with Crippen LogP contribution in [0.25, 0.3) is 0 Å². The number of aryl methyl sites for hydroxylation is 2. The highest BCUT2D eigenvalue weighted by Gasteiger charge is 2.17. The number of nitrogens with one attached hydrogen (secondary N) is 1. The van der Waals surface area contributed by atoms with Crippen molar-refractivity contribution in [3.63, 3.8) is 0 Å². The molecule has 4 heteroatoms. The number of rotatable bonds is 7. The molecule has 4 nitrogen and oxygen atoms in total. The van der Waals surface area contributed by atoms with E-state index in [1.54, 1.807) is 0 Å². The van der Waals surface area contributed by atoms with E-state index < -0.39 is 0 Å². The minimum Gasteiger partial charge on any atom is -0.456 e. The van der Waals surface area contributed by atoms with Crippen molar-refractivity contribution < 1.29 is 14.3 Å². The molecule has 0 aliphatic rings. The number of carbonyl (C=O) groups is 1. The molecule has 0 aliphatic carbocycles. The van der Waals surface area contributed by atoms with Gasteiger partial charge < -0.3 is 14.8 Å². The maximum absolute atomic E-state index is 12.0. The Balaban J connectivity index is 2.54. The molecule has 1 atom stereocenters. The zero-order valence-electron chi connectivity index (χ0n) is 12.3. The predicted molar refractivity (Wildman–Crippen MR) is 75.2 cm³/mol. The molecule has 0 aliphatic heterocycles. The zero-order chi connectivity index (χ0) is 14.4. The van der Waals surface area contributed by atoms with Crippen molar-refractivity contribution in [3.8, 4) is 0 Å². The second-order valence-corrected chi connectivity index (χ2v) is 5.59. The van der Waals surface area contributed by atoms with Crippen LogP contribution in [0.15, 0.2) is 10.5 Å². The van der Waals surface area contributed by atoms with Gasteiger partial charge in [-0.2, -0.15) is 0 Å². The van der Waals surface area contributed by atoms with E-state index in [0.717, 1.165) is 17.7 Å². The third-order valence-corrected chi connectivity index (χ3v) is 3.14. The Morgan fingerprint density at radius 2 is 2.11 bits per heavy atom. The average molecular weight is 267 g/mol. The molecule has 1 aromatic heterocycles. The summed E-state index contributed by atoms with van der Waals surface area (Å²) in [6.07, 6.45) is 1.71. The topological polar surface area (TPSA) is 62.5 Å². The minimum absolute atomic E-state index is 0.159. The van der Waals surface area contributed by atoms with Crippen LogP contribution in [0.4, 0.5) is 0 Å². The molecule has 108 valence electrons. The lowest BCUT2D eigenvalue weighted by Gasteiger charge is -2.18. The maximum atomic E-state index is 12.0. The number of aliphatic hydroxyl groups is 1. The van der Waals surface area contributed by atoms with Crippen molar-refractivity contribution in [1.82, 2.24) is 5.32 Å². The summed E-state index contributed by atoms with van der Waals surface area (Å²) in [7, 11) is 0. The fourth-order valence-electron chi connectivity index (χ4n) is 2.34. The highest BCUT2D eigenvalue weighted by atomic mass is 16.3. The average Bonchev–Trinajstić information content (AvgIpc) is 2.64. The van der Waals surface area contributed by atoms with E-state index in [0.29, 0.717) is 30.6 Å². The van der Waals surface area contributed by atoms with Gasteiger partial charge in [0, 0.05) is 18.7 Å². The Bertz CT molecular complexity index is 410. The van der Waals surface area contributed by atoms with Gasteiger partial charge in [0.2, 0.25) is 0 Å². The molecule has 0 saturated heterocycles. The summed E-state index contributed by atoms with van der Waals surface area (Å²) in [5.74, 6) is 1.84. The van der Waals surface area contributed by atoms with Crippen molar-refractivity contribution in [3.05, 3.63) is 23.2 Å². The summed E-state index contributed by atoms with van der Waals surface area (Å²) in [6, 6.07) is 1.86. The van der Waals surface area contributed by atoms with E-state index >= 15 is 0 Å². The molecule has 0 radical (unpaired) electrons. The van der Waals surface area contributed by atoms with E-state index in [1.807, 2.05) is 19.9 Å². The first-order valence-corrected chi connectivity index (χ1v) is 6.90. The Morgan fingerprint density at radius 1 is 1.42 bits per heavy atom. The molecular formula is C15H25NO3. The van der Waals surface area contributed by atoms with Crippen molar-refractivity contribution in [2.75, 3.05) is 13.2 Å². The number of furan rings is 1.